The molecule has 0 radical (unpaired) electrons. The van der Waals surface area contributed by atoms with Gasteiger partial charge in [-0.2, -0.15) is 0 Å². The summed E-state index contributed by atoms with van der Waals surface area (Å²) in [5.74, 6) is -1.51. The first-order chi connectivity index (χ1) is 16.9. The van der Waals surface area contributed by atoms with E-state index in [0.29, 0.717) is 12.2 Å². The lowest BCUT2D eigenvalue weighted by Gasteiger charge is -2.35. The molecule has 0 unspecified atom stereocenters. The Bertz CT molecular complexity index is 996. The highest BCUT2D eigenvalue weighted by molar-refractivity contribution is 5.89. The molecular weight excluding hydrogens is 444 g/mol. The van der Waals surface area contributed by atoms with Crippen LogP contribution in [0.5, 0.6) is 5.75 Å². The van der Waals surface area contributed by atoms with Crippen molar-refractivity contribution >= 4 is 11.9 Å². The summed E-state index contributed by atoms with van der Waals surface area (Å²) < 4.78 is 5.50. The molecule has 0 amide bonds. The predicted molar refractivity (Wildman–Crippen MR) is 136 cm³/mol. The fourth-order valence-electron chi connectivity index (χ4n) is 4.64. The summed E-state index contributed by atoms with van der Waals surface area (Å²) in [5, 5.41) is 15.6. The van der Waals surface area contributed by atoms with Crippen molar-refractivity contribution in [3.05, 3.63) is 76.9 Å². The lowest BCUT2D eigenvalue weighted by Crippen LogP contribution is -2.45. The molecule has 7 nitrogen and oxygen atoms in total. The minimum atomic E-state index is -1.26. The van der Waals surface area contributed by atoms with Crippen LogP contribution in [0.15, 0.2) is 54.6 Å². The Kier molecular flexibility index (Phi) is 10.3. The highest BCUT2D eigenvalue weighted by Gasteiger charge is 2.19. The van der Waals surface area contributed by atoms with Gasteiger partial charge in [-0.25, -0.2) is 9.59 Å². The zero-order chi connectivity index (χ0) is 25.0. The fourth-order valence-corrected chi connectivity index (χ4v) is 4.64. The number of para-hydroxylation sites is 1. The summed E-state index contributed by atoms with van der Waals surface area (Å²) >= 11 is 0. The number of carboxylic acid groups (broad SMARTS) is 2. The molecule has 35 heavy (non-hydrogen) atoms. The van der Waals surface area contributed by atoms with E-state index in [0.717, 1.165) is 45.0 Å². The number of benzene rings is 2. The van der Waals surface area contributed by atoms with Gasteiger partial charge < -0.3 is 14.9 Å². The fraction of sp³-hybridized carbons (Fsp3) is 0.429. The molecular formula is C28H36N2O5. The van der Waals surface area contributed by atoms with Gasteiger partial charge in [-0.15, -0.1) is 0 Å². The van der Waals surface area contributed by atoms with Gasteiger partial charge in [0.15, 0.2) is 0 Å². The van der Waals surface area contributed by atoms with Crippen LogP contribution in [0.3, 0.4) is 0 Å². The van der Waals surface area contributed by atoms with E-state index < -0.39 is 11.9 Å². The number of carbonyl (C=O) groups is 2. The molecule has 0 saturated carbocycles. The Morgan fingerprint density at radius 2 is 1.43 bits per heavy atom. The van der Waals surface area contributed by atoms with Crippen LogP contribution in [0.1, 0.15) is 41.5 Å². The highest BCUT2D eigenvalue weighted by Crippen LogP contribution is 2.23. The molecule has 1 aliphatic heterocycles. The van der Waals surface area contributed by atoms with Crippen LogP contribution in [0, 0.1) is 0 Å². The van der Waals surface area contributed by atoms with Crippen LogP contribution < -0.4 is 4.74 Å². The van der Waals surface area contributed by atoms with Gasteiger partial charge in [0.1, 0.15) is 5.75 Å². The number of hydrogen-bond acceptors (Lipinski definition) is 5. The minimum absolute atomic E-state index is 0.558. The SMILES string of the molecule is COc1ccccc1CN1CCN(Cc2ccc3c(c2)CCCCC3)CC1.O=C(O)/C=C\C(=O)O. The van der Waals surface area contributed by atoms with E-state index in [4.69, 9.17) is 14.9 Å². The second-order valence-electron chi connectivity index (χ2n) is 9.04. The topological polar surface area (TPSA) is 90.3 Å². The third-order valence-corrected chi connectivity index (χ3v) is 6.49. The number of carboxylic acids is 2. The summed E-state index contributed by atoms with van der Waals surface area (Å²) in [6.07, 6.45) is 7.77. The molecule has 2 aromatic carbocycles. The molecule has 0 bridgehead atoms. The van der Waals surface area contributed by atoms with Gasteiger partial charge in [-0.1, -0.05) is 42.8 Å². The average molecular weight is 481 g/mol. The second-order valence-corrected chi connectivity index (χ2v) is 9.04. The standard InChI is InChI=1S/C24H32N2O.C4H4O4/c1-27-24-10-6-5-9-23(24)19-26-15-13-25(14-16-26)18-20-11-12-21-7-3-2-4-8-22(21)17-20;5-3(6)1-2-4(7)8/h5-6,9-12,17H,2-4,7-8,13-16,18-19H2,1H3;1-2H,(H,5,6)(H,7,8)/b;2-1-. The van der Waals surface area contributed by atoms with Crippen molar-refractivity contribution in [2.75, 3.05) is 33.3 Å². The zero-order valence-corrected chi connectivity index (χ0v) is 20.5. The van der Waals surface area contributed by atoms with Gasteiger partial charge >= 0.3 is 11.9 Å². The van der Waals surface area contributed by atoms with Crippen molar-refractivity contribution < 1.29 is 24.5 Å². The van der Waals surface area contributed by atoms with Gasteiger partial charge in [0, 0.05) is 57.0 Å². The van der Waals surface area contributed by atoms with Crippen molar-refractivity contribution in [3.63, 3.8) is 0 Å². The van der Waals surface area contributed by atoms with E-state index in [1.165, 1.54) is 43.2 Å². The third kappa shape index (κ3) is 8.85. The number of aryl methyl sites for hydroxylation is 2. The van der Waals surface area contributed by atoms with Crippen LogP contribution in [-0.2, 0) is 35.5 Å². The van der Waals surface area contributed by atoms with Crippen molar-refractivity contribution in [1.82, 2.24) is 9.80 Å². The maximum Gasteiger partial charge on any atom is 0.328 e. The first-order valence-corrected chi connectivity index (χ1v) is 12.3. The highest BCUT2D eigenvalue weighted by atomic mass is 16.5. The predicted octanol–water partition coefficient (Wildman–Crippen LogP) is 3.99. The van der Waals surface area contributed by atoms with Gasteiger partial charge in [-0.3, -0.25) is 9.80 Å². The molecule has 4 rings (SSSR count). The first kappa shape index (κ1) is 26.4. The molecule has 0 aromatic heterocycles. The van der Waals surface area contributed by atoms with E-state index in [-0.39, 0.29) is 0 Å². The largest absolute Gasteiger partial charge is 0.496 e. The minimum Gasteiger partial charge on any atom is -0.496 e. The summed E-state index contributed by atoms with van der Waals surface area (Å²) in [6.45, 7) is 6.62. The maximum atomic E-state index is 9.55. The Labute approximate surface area is 207 Å². The molecule has 7 heteroatoms. The number of nitrogens with zero attached hydrogens (tertiary/aromatic N) is 2. The van der Waals surface area contributed by atoms with Gasteiger partial charge in [0.2, 0.25) is 0 Å². The molecule has 0 atom stereocenters. The molecule has 1 aliphatic carbocycles. The van der Waals surface area contributed by atoms with E-state index >= 15 is 0 Å². The Morgan fingerprint density at radius 1 is 0.829 bits per heavy atom. The molecule has 1 heterocycles. The first-order valence-electron chi connectivity index (χ1n) is 12.3. The molecule has 1 saturated heterocycles. The molecule has 0 spiro atoms. The van der Waals surface area contributed by atoms with Crippen molar-refractivity contribution in [2.24, 2.45) is 0 Å². The normalized spacial score (nSPS) is 16.6. The van der Waals surface area contributed by atoms with Crippen molar-refractivity contribution in [1.29, 1.82) is 0 Å². The number of fused-ring (bicyclic) bond motifs is 1. The Hall–Kier alpha value is -3.16. The number of methoxy groups -OCH3 is 1. The van der Waals surface area contributed by atoms with E-state index in [9.17, 15) is 9.59 Å². The lowest BCUT2D eigenvalue weighted by molar-refractivity contribution is -0.134. The lowest BCUT2D eigenvalue weighted by atomic mass is 10.00. The van der Waals surface area contributed by atoms with Gasteiger partial charge in [0.25, 0.3) is 0 Å². The molecule has 1 fully saturated rings. The summed E-state index contributed by atoms with van der Waals surface area (Å²) in [6, 6.07) is 15.6. The van der Waals surface area contributed by atoms with Gasteiger partial charge in [-0.05, 0) is 48.4 Å². The van der Waals surface area contributed by atoms with E-state index in [2.05, 4.69) is 46.2 Å². The molecule has 2 aromatic rings. The number of aliphatic carboxylic acids is 2. The number of hydrogen-bond donors (Lipinski definition) is 2. The van der Waals surface area contributed by atoms with Crippen LogP contribution >= 0.6 is 0 Å². The number of rotatable bonds is 7. The Balaban J connectivity index is 0.000000371. The van der Waals surface area contributed by atoms with Crippen LogP contribution in [0.2, 0.25) is 0 Å². The summed E-state index contributed by atoms with van der Waals surface area (Å²) in [7, 11) is 1.76. The monoisotopic (exact) mass is 480 g/mol. The maximum absolute atomic E-state index is 9.55. The smallest absolute Gasteiger partial charge is 0.328 e. The summed E-state index contributed by atoms with van der Waals surface area (Å²) in [5.41, 5.74) is 5.99. The quantitative estimate of drug-likeness (QED) is 0.457. The average Bonchev–Trinajstić information content (AvgIpc) is 3.10. The molecule has 2 aliphatic rings. The number of piperazine rings is 1. The van der Waals surface area contributed by atoms with E-state index in [1.54, 1.807) is 18.2 Å². The molecule has 188 valence electrons. The summed E-state index contributed by atoms with van der Waals surface area (Å²) in [4.78, 5) is 24.3. The van der Waals surface area contributed by atoms with E-state index in [1.807, 2.05) is 6.07 Å². The van der Waals surface area contributed by atoms with Crippen LogP contribution in [0.4, 0.5) is 0 Å². The van der Waals surface area contributed by atoms with Crippen LogP contribution in [-0.4, -0.2) is 65.2 Å². The molecule has 2 N–H and O–H groups in total. The zero-order valence-electron chi connectivity index (χ0n) is 20.5. The second kappa shape index (κ2) is 13.7. The van der Waals surface area contributed by atoms with Gasteiger partial charge in [0.05, 0.1) is 7.11 Å². The van der Waals surface area contributed by atoms with Crippen molar-refractivity contribution in [2.45, 2.75) is 45.2 Å². The van der Waals surface area contributed by atoms with Crippen LogP contribution in [0.25, 0.3) is 0 Å². The number of ether oxygens (including phenoxy) is 1. The third-order valence-electron chi connectivity index (χ3n) is 6.49. The Morgan fingerprint density at radius 3 is 2.06 bits per heavy atom. The van der Waals surface area contributed by atoms with Crippen molar-refractivity contribution in [3.8, 4) is 5.75 Å².